The highest BCUT2D eigenvalue weighted by molar-refractivity contribution is 8.15. The van der Waals surface area contributed by atoms with E-state index in [1.54, 1.807) is 14.0 Å². The van der Waals surface area contributed by atoms with Gasteiger partial charge in [0.05, 0.1) is 7.11 Å². The molecule has 0 aromatic carbocycles. The van der Waals surface area contributed by atoms with Gasteiger partial charge in [-0.05, 0) is 23.2 Å². The van der Waals surface area contributed by atoms with Gasteiger partial charge in [-0.2, -0.15) is 0 Å². The zero-order chi connectivity index (χ0) is 8.27. The van der Waals surface area contributed by atoms with Crippen molar-refractivity contribution in [1.29, 1.82) is 0 Å². The van der Waals surface area contributed by atoms with Crippen LogP contribution < -0.4 is 4.74 Å². The molecule has 0 aliphatic heterocycles. The second-order valence-electron chi connectivity index (χ2n) is 1.87. The van der Waals surface area contributed by atoms with Crippen LogP contribution in [-0.4, -0.2) is 12.2 Å². The molecule has 0 fully saturated rings. The Labute approximate surface area is 73.6 Å². The minimum absolute atomic E-state index is 0.0887. The smallest absolute Gasteiger partial charge is 0.191 e. The van der Waals surface area contributed by atoms with Crippen molar-refractivity contribution in [3.05, 3.63) is 11.4 Å². The van der Waals surface area contributed by atoms with Crippen LogP contribution in [-0.2, 0) is 4.79 Å². The van der Waals surface area contributed by atoms with E-state index >= 15 is 0 Å². The molecule has 1 aromatic rings. The first-order chi connectivity index (χ1) is 5.24. The molecule has 1 aromatic heterocycles. The highest BCUT2D eigenvalue weighted by Crippen LogP contribution is 2.34. The zero-order valence-corrected chi connectivity index (χ0v) is 7.92. The van der Waals surface area contributed by atoms with Crippen LogP contribution in [0.4, 0.5) is 0 Å². The average molecular weight is 188 g/mol. The molecule has 4 heteroatoms. The molecule has 2 nitrogen and oxygen atoms in total. The number of hydrogen-bond acceptors (Lipinski definition) is 4. The Balaban J connectivity index is 2.76. The molecule has 0 saturated carbocycles. The fourth-order valence-corrected chi connectivity index (χ4v) is 2.45. The number of methoxy groups -OCH3 is 1. The Morgan fingerprint density at radius 3 is 3.00 bits per heavy atom. The van der Waals surface area contributed by atoms with Gasteiger partial charge in [-0.3, -0.25) is 4.79 Å². The minimum Gasteiger partial charge on any atom is -0.495 e. The van der Waals surface area contributed by atoms with E-state index in [0.29, 0.717) is 0 Å². The van der Waals surface area contributed by atoms with Crippen LogP contribution >= 0.6 is 23.1 Å². The molecular weight excluding hydrogens is 180 g/mol. The molecule has 0 amide bonds. The fourth-order valence-electron chi connectivity index (χ4n) is 0.640. The number of thiophene rings is 1. The lowest BCUT2D eigenvalue weighted by Gasteiger charge is -1.97. The molecule has 0 aliphatic carbocycles. The van der Waals surface area contributed by atoms with Crippen molar-refractivity contribution in [3.63, 3.8) is 0 Å². The van der Waals surface area contributed by atoms with E-state index in [0.717, 1.165) is 9.96 Å². The van der Waals surface area contributed by atoms with Crippen LogP contribution in [0.25, 0.3) is 0 Å². The third-order valence-corrected chi connectivity index (χ3v) is 2.95. The van der Waals surface area contributed by atoms with Gasteiger partial charge >= 0.3 is 0 Å². The monoisotopic (exact) mass is 188 g/mol. The number of ether oxygens (including phenoxy) is 1. The van der Waals surface area contributed by atoms with Gasteiger partial charge in [0, 0.05) is 6.92 Å². The number of hydrogen-bond donors (Lipinski definition) is 0. The van der Waals surface area contributed by atoms with Gasteiger partial charge < -0.3 is 4.74 Å². The van der Waals surface area contributed by atoms with E-state index in [4.69, 9.17) is 4.74 Å². The number of carbonyl (C=O) groups excluding carboxylic acids is 1. The van der Waals surface area contributed by atoms with Gasteiger partial charge in [-0.25, -0.2) is 0 Å². The van der Waals surface area contributed by atoms with E-state index in [-0.39, 0.29) is 5.12 Å². The van der Waals surface area contributed by atoms with Crippen LogP contribution in [0.3, 0.4) is 0 Å². The van der Waals surface area contributed by atoms with E-state index in [9.17, 15) is 4.79 Å². The largest absolute Gasteiger partial charge is 0.495 e. The third kappa shape index (κ3) is 2.24. The summed E-state index contributed by atoms with van der Waals surface area (Å²) in [5.41, 5.74) is 0. The predicted molar refractivity (Wildman–Crippen MR) is 47.4 cm³/mol. The van der Waals surface area contributed by atoms with E-state index in [1.807, 2.05) is 11.4 Å². The summed E-state index contributed by atoms with van der Waals surface area (Å²) in [6, 6.07) is 1.86. The summed E-state index contributed by atoms with van der Waals surface area (Å²) in [4.78, 5) is 10.7. The molecule has 11 heavy (non-hydrogen) atoms. The second kappa shape index (κ2) is 3.78. The molecule has 0 radical (unpaired) electrons. The number of rotatable bonds is 2. The second-order valence-corrected chi connectivity index (χ2v) is 4.23. The molecular formula is C7H8O2S2. The van der Waals surface area contributed by atoms with Crippen LogP contribution in [0.1, 0.15) is 6.92 Å². The van der Waals surface area contributed by atoms with Crippen LogP contribution in [0.2, 0.25) is 0 Å². The van der Waals surface area contributed by atoms with Gasteiger partial charge in [0.2, 0.25) is 0 Å². The SMILES string of the molecule is COc1ccsc1SC(C)=O. The van der Waals surface area contributed by atoms with E-state index in [2.05, 4.69) is 0 Å². The standard InChI is InChI=1S/C7H8O2S2/c1-5(8)11-7-6(9-2)3-4-10-7/h3-4H,1-2H3. The highest BCUT2D eigenvalue weighted by Gasteiger charge is 2.06. The maximum absolute atomic E-state index is 10.7. The lowest BCUT2D eigenvalue weighted by atomic mass is 10.6. The molecule has 1 heterocycles. The Kier molecular flexibility index (Phi) is 2.96. The Morgan fingerprint density at radius 1 is 1.73 bits per heavy atom. The van der Waals surface area contributed by atoms with Crippen LogP contribution in [0.15, 0.2) is 15.7 Å². The van der Waals surface area contributed by atoms with Crippen molar-refractivity contribution >= 4 is 28.2 Å². The molecule has 0 bridgehead atoms. The van der Waals surface area contributed by atoms with Crippen molar-refractivity contribution in [3.8, 4) is 5.75 Å². The maximum atomic E-state index is 10.7. The molecule has 0 aliphatic rings. The molecule has 0 saturated heterocycles. The normalized spacial score (nSPS) is 9.64. The van der Waals surface area contributed by atoms with Crippen LogP contribution in [0.5, 0.6) is 5.75 Å². The van der Waals surface area contributed by atoms with Gasteiger partial charge in [0.25, 0.3) is 0 Å². The first-order valence-corrected chi connectivity index (χ1v) is 4.73. The molecule has 1 rings (SSSR count). The minimum atomic E-state index is 0.0887. The van der Waals surface area contributed by atoms with E-state index < -0.39 is 0 Å². The third-order valence-electron chi connectivity index (χ3n) is 1.05. The van der Waals surface area contributed by atoms with Crippen molar-refractivity contribution in [2.45, 2.75) is 11.1 Å². The maximum Gasteiger partial charge on any atom is 0.191 e. The van der Waals surface area contributed by atoms with Gasteiger partial charge in [0.1, 0.15) is 9.96 Å². The number of thioether (sulfide) groups is 1. The Morgan fingerprint density at radius 2 is 2.45 bits per heavy atom. The lowest BCUT2D eigenvalue weighted by molar-refractivity contribution is -0.109. The zero-order valence-electron chi connectivity index (χ0n) is 6.29. The summed E-state index contributed by atoms with van der Waals surface area (Å²) in [6.07, 6.45) is 0. The molecule has 0 N–H and O–H groups in total. The number of carbonyl (C=O) groups is 1. The van der Waals surface area contributed by atoms with Gasteiger partial charge in [0.15, 0.2) is 5.12 Å². The summed E-state index contributed by atoms with van der Waals surface area (Å²) in [7, 11) is 1.60. The summed E-state index contributed by atoms with van der Waals surface area (Å²) in [6.45, 7) is 1.55. The Hall–Kier alpha value is -0.480. The lowest BCUT2D eigenvalue weighted by Crippen LogP contribution is -1.83. The predicted octanol–water partition coefficient (Wildman–Crippen LogP) is 2.40. The first-order valence-electron chi connectivity index (χ1n) is 3.04. The van der Waals surface area contributed by atoms with Crippen molar-refractivity contribution in [2.75, 3.05) is 7.11 Å². The van der Waals surface area contributed by atoms with E-state index in [1.165, 1.54) is 23.1 Å². The summed E-state index contributed by atoms with van der Waals surface area (Å²) in [5.74, 6) is 0.787. The van der Waals surface area contributed by atoms with Gasteiger partial charge in [-0.15, -0.1) is 11.3 Å². The van der Waals surface area contributed by atoms with Crippen molar-refractivity contribution in [2.24, 2.45) is 0 Å². The quantitative estimate of drug-likeness (QED) is 0.667. The average Bonchev–Trinajstić information content (AvgIpc) is 2.34. The molecule has 0 atom stereocenters. The fraction of sp³-hybridized carbons (Fsp3) is 0.286. The highest BCUT2D eigenvalue weighted by atomic mass is 32.2. The molecule has 60 valence electrons. The van der Waals surface area contributed by atoms with Crippen molar-refractivity contribution in [1.82, 2.24) is 0 Å². The summed E-state index contributed by atoms with van der Waals surface area (Å²) >= 11 is 2.73. The summed E-state index contributed by atoms with van der Waals surface area (Å²) in [5, 5.41) is 2.00. The topological polar surface area (TPSA) is 26.3 Å². The van der Waals surface area contributed by atoms with Gasteiger partial charge in [-0.1, -0.05) is 0 Å². The molecule has 0 unspecified atom stereocenters. The Bertz CT molecular complexity index is 255. The van der Waals surface area contributed by atoms with Crippen molar-refractivity contribution < 1.29 is 9.53 Å². The van der Waals surface area contributed by atoms with Crippen LogP contribution in [0, 0.1) is 0 Å². The summed E-state index contributed by atoms with van der Waals surface area (Å²) < 4.78 is 5.95. The molecule has 0 spiro atoms. The first kappa shape index (κ1) is 8.62.